The summed E-state index contributed by atoms with van der Waals surface area (Å²) in [5, 5.41) is 10.7. The Morgan fingerprint density at radius 2 is 1.86 bits per heavy atom. The van der Waals surface area contributed by atoms with Gasteiger partial charge in [0, 0.05) is 19.1 Å². The van der Waals surface area contributed by atoms with Crippen LogP contribution in [0.5, 0.6) is 11.5 Å². The number of nitrogens with zero attached hydrogens (tertiary/aromatic N) is 2. The van der Waals surface area contributed by atoms with Gasteiger partial charge in [-0.1, -0.05) is 6.07 Å². The smallest absolute Gasteiger partial charge is 0.260 e. The van der Waals surface area contributed by atoms with E-state index in [-0.39, 0.29) is 24.7 Å². The van der Waals surface area contributed by atoms with Crippen LogP contribution in [0.2, 0.25) is 0 Å². The predicted octanol–water partition coefficient (Wildman–Crippen LogP) is 2.33. The summed E-state index contributed by atoms with van der Waals surface area (Å²) >= 11 is 0. The molecular formula is C22H34N2O4. The number of fused-ring (bicyclic) bond motifs is 3. The molecule has 3 aliphatic rings. The predicted molar refractivity (Wildman–Crippen MR) is 109 cm³/mol. The van der Waals surface area contributed by atoms with Crippen LogP contribution in [0.15, 0.2) is 18.2 Å². The molecule has 2 unspecified atom stereocenters. The number of hydrogen-bond donors (Lipinski definition) is 1. The highest BCUT2D eigenvalue weighted by molar-refractivity contribution is 5.77. The van der Waals surface area contributed by atoms with E-state index in [1.165, 1.54) is 0 Å². The van der Waals surface area contributed by atoms with Crippen LogP contribution in [-0.2, 0) is 11.2 Å². The number of aliphatic hydroxyl groups is 1. The van der Waals surface area contributed by atoms with Crippen LogP contribution < -0.4 is 9.47 Å². The van der Waals surface area contributed by atoms with Gasteiger partial charge in [0.2, 0.25) is 0 Å². The highest BCUT2D eigenvalue weighted by Crippen LogP contribution is 2.35. The first-order valence-electron chi connectivity index (χ1n) is 10.7. The lowest BCUT2D eigenvalue weighted by Gasteiger charge is -2.49. The van der Waals surface area contributed by atoms with Gasteiger partial charge in [-0.2, -0.15) is 0 Å². The number of amides is 1. The number of likely N-dealkylation sites (N-methyl/N-ethyl adjacent to an activating group) is 1. The Morgan fingerprint density at radius 1 is 1.14 bits per heavy atom. The lowest BCUT2D eigenvalue weighted by molar-refractivity contribution is -0.132. The molecule has 3 aliphatic heterocycles. The molecule has 1 N–H and O–H groups in total. The summed E-state index contributed by atoms with van der Waals surface area (Å²) in [7, 11) is 0. The SMILES string of the molecule is CCOc1cc(CC2C(O)C3CCN2CC3)ccc1OCC(=O)N(CC)CC. The van der Waals surface area contributed by atoms with Gasteiger partial charge in [-0.05, 0) is 76.7 Å². The Bertz CT molecular complexity index is 652. The zero-order chi connectivity index (χ0) is 20.1. The van der Waals surface area contributed by atoms with Crippen molar-refractivity contribution in [3.05, 3.63) is 23.8 Å². The van der Waals surface area contributed by atoms with Gasteiger partial charge in [0.1, 0.15) is 0 Å². The third-order valence-electron chi connectivity index (χ3n) is 6.14. The van der Waals surface area contributed by atoms with Crippen molar-refractivity contribution in [3.63, 3.8) is 0 Å². The number of ether oxygens (including phenoxy) is 2. The van der Waals surface area contributed by atoms with E-state index in [1.54, 1.807) is 4.90 Å². The number of rotatable bonds is 9. The molecule has 6 heteroatoms. The molecule has 1 aromatic rings. The van der Waals surface area contributed by atoms with Crippen LogP contribution in [0.4, 0.5) is 0 Å². The minimum absolute atomic E-state index is 0.0118. The molecule has 0 saturated carbocycles. The zero-order valence-corrected chi connectivity index (χ0v) is 17.4. The summed E-state index contributed by atoms with van der Waals surface area (Å²) in [6, 6.07) is 6.09. The van der Waals surface area contributed by atoms with Gasteiger partial charge >= 0.3 is 0 Å². The third-order valence-corrected chi connectivity index (χ3v) is 6.14. The second kappa shape index (κ2) is 9.61. The monoisotopic (exact) mass is 390 g/mol. The van der Waals surface area contributed by atoms with Crippen LogP contribution in [0.1, 0.15) is 39.2 Å². The Kier molecular flexibility index (Phi) is 7.18. The zero-order valence-electron chi connectivity index (χ0n) is 17.4. The maximum atomic E-state index is 12.2. The number of hydrogen-bond acceptors (Lipinski definition) is 5. The maximum absolute atomic E-state index is 12.2. The first kappa shape index (κ1) is 20.9. The summed E-state index contributed by atoms with van der Waals surface area (Å²) in [4.78, 5) is 16.4. The van der Waals surface area contributed by atoms with E-state index in [0.29, 0.717) is 37.1 Å². The minimum Gasteiger partial charge on any atom is -0.490 e. The molecule has 1 amide bonds. The van der Waals surface area contributed by atoms with E-state index < -0.39 is 0 Å². The fraction of sp³-hybridized carbons (Fsp3) is 0.682. The maximum Gasteiger partial charge on any atom is 0.260 e. The summed E-state index contributed by atoms with van der Waals surface area (Å²) in [5.41, 5.74) is 1.13. The van der Waals surface area contributed by atoms with Crippen molar-refractivity contribution in [2.45, 2.75) is 52.2 Å². The quantitative estimate of drug-likeness (QED) is 0.701. The Morgan fingerprint density at radius 3 is 2.46 bits per heavy atom. The van der Waals surface area contributed by atoms with Gasteiger partial charge in [0.15, 0.2) is 18.1 Å². The molecule has 2 atom stereocenters. The lowest BCUT2D eigenvalue weighted by atomic mass is 9.78. The van der Waals surface area contributed by atoms with Gasteiger partial charge in [0.05, 0.1) is 12.7 Å². The first-order chi connectivity index (χ1) is 13.6. The number of carbonyl (C=O) groups is 1. The molecule has 0 radical (unpaired) electrons. The van der Waals surface area contributed by atoms with E-state index in [0.717, 1.165) is 37.9 Å². The van der Waals surface area contributed by atoms with Crippen LogP contribution >= 0.6 is 0 Å². The molecule has 2 bridgehead atoms. The Balaban J connectivity index is 1.68. The molecule has 6 nitrogen and oxygen atoms in total. The van der Waals surface area contributed by atoms with Crippen molar-refractivity contribution in [2.75, 3.05) is 39.4 Å². The second-order valence-corrected chi connectivity index (χ2v) is 7.70. The van der Waals surface area contributed by atoms with Gasteiger partial charge in [-0.25, -0.2) is 0 Å². The second-order valence-electron chi connectivity index (χ2n) is 7.70. The van der Waals surface area contributed by atoms with Gasteiger partial charge in [-0.15, -0.1) is 0 Å². The van der Waals surface area contributed by atoms with Gasteiger partial charge < -0.3 is 19.5 Å². The highest BCUT2D eigenvalue weighted by atomic mass is 16.5. The minimum atomic E-state index is -0.249. The molecule has 0 aliphatic carbocycles. The molecule has 0 aromatic heterocycles. The Hall–Kier alpha value is -1.79. The first-order valence-corrected chi connectivity index (χ1v) is 10.7. The van der Waals surface area contributed by atoms with E-state index >= 15 is 0 Å². The number of carbonyl (C=O) groups excluding carboxylic acids is 1. The van der Waals surface area contributed by atoms with E-state index in [1.807, 2.05) is 39.0 Å². The molecule has 0 spiro atoms. The van der Waals surface area contributed by atoms with Gasteiger partial charge in [-0.3, -0.25) is 9.69 Å². The normalized spacial score (nSPS) is 26.1. The Labute approximate surface area is 168 Å². The number of piperidine rings is 3. The van der Waals surface area contributed by atoms with E-state index in [2.05, 4.69) is 4.90 Å². The van der Waals surface area contributed by atoms with Crippen LogP contribution in [0, 0.1) is 5.92 Å². The van der Waals surface area contributed by atoms with E-state index in [4.69, 9.17) is 9.47 Å². The molecule has 3 saturated heterocycles. The average molecular weight is 391 g/mol. The summed E-state index contributed by atoms with van der Waals surface area (Å²) in [5.74, 6) is 1.68. The lowest BCUT2D eigenvalue weighted by Crippen LogP contribution is -2.58. The summed E-state index contributed by atoms with van der Waals surface area (Å²) in [6.45, 7) is 9.93. The molecule has 156 valence electrons. The fourth-order valence-electron chi connectivity index (χ4n) is 4.49. The number of aliphatic hydroxyl groups excluding tert-OH is 1. The molecule has 28 heavy (non-hydrogen) atoms. The molecule has 3 heterocycles. The van der Waals surface area contributed by atoms with Crippen molar-refractivity contribution in [1.82, 2.24) is 9.80 Å². The van der Waals surface area contributed by atoms with Crippen LogP contribution in [0.25, 0.3) is 0 Å². The van der Waals surface area contributed by atoms with Crippen molar-refractivity contribution in [2.24, 2.45) is 5.92 Å². The standard InChI is InChI=1S/C22H34N2O4/c1-4-23(5-2)21(25)15-28-19-8-7-16(14-20(19)27-6-3)13-18-22(26)17-9-11-24(18)12-10-17/h7-8,14,17-18,22,26H,4-6,9-13,15H2,1-3H3. The molecule has 1 aromatic carbocycles. The molecule has 3 fully saturated rings. The van der Waals surface area contributed by atoms with Crippen molar-refractivity contribution in [1.29, 1.82) is 0 Å². The van der Waals surface area contributed by atoms with Crippen molar-refractivity contribution in [3.8, 4) is 11.5 Å². The topological polar surface area (TPSA) is 62.2 Å². The highest BCUT2D eigenvalue weighted by Gasteiger charge is 2.40. The number of benzene rings is 1. The summed E-state index contributed by atoms with van der Waals surface area (Å²) < 4.78 is 11.6. The molecular weight excluding hydrogens is 356 g/mol. The summed E-state index contributed by atoms with van der Waals surface area (Å²) in [6.07, 6.45) is 2.77. The van der Waals surface area contributed by atoms with Crippen molar-refractivity contribution >= 4 is 5.91 Å². The fourth-order valence-corrected chi connectivity index (χ4v) is 4.49. The van der Waals surface area contributed by atoms with Gasteiger partial charge in [0.25, 0.3) is 5.91 Å². The van der Waals surface area contributed by atoms with Crippen LogP contribution in [0.3, 0.4) is 0 Å². The molecule has 4 rings (SSSR count). The average Bonchev–Trinajstić information content (AvgIpc) is 2.71. The van der Waals surface area contributed by atoms with Crippen LogP contribution in [-0.4, -0.2) is 72.4 Å². The third kappa shape index (κ3) is 4.61. The largest absolute Gasteiger partial charge is 0.490 e. The van der Waals surface area contributed by atoms with E-state index in [9.17, 15) is 9.90 Å². The van der Waals surface area contributed by atoms with Crippen molar-refractivity contribution < 1.29 is 19.4 Å².